The Balaban J connectivity index is 1.75. The summed E-state index contributed by atoms with van der Waals surface area (Å²) in [6.45, 7) is 2.11. The van der Waals surface area contributed by atoms with Crippen molar-refractivity contribution in [2.24, 2.45) is 11.1 Å². The third-order valence-corrected chi connectivity index (χ3v) is 5.43. The molecule has 2 aliphatic carbocycles. The van der Waals surface area contributed by atoms with Gasteiger partial charge in [0, 0.05) is 22.9 Å². The molecule has 1 aromatic rings. The van der Waals surface area contributed by atoms with Gasteiger partial charge in [0.1, 0.15) is 11.9 Å². The maximum absolute atomic E-state index is 6.24. The van der Waals surface area contributed by atoms with Crippen molar-refractivity contribution in [1.82, 2.24) is 0 Å². The molecule has 0 aliphatic heterocycles. The number of halogens is 1. The predicted octanol–water partition coefficient (Wildman–Crippen LogP) is 3.94. The van der Waals surface area contributed by atoms with E-state index in [2.05, 4.69) is 13.0 Å². The molecular formula is C16H22ClNO. The van der Waals surface area contributed by atoms with E-state index >= 15 is 0 Å². The Hall–Kier alpha value is -0.730. The number of ether oxygens (including phenoxy) is 1. The molecule has 19 heavy (non-hydrogen) atoms. The first-order chi connectivity index (χ1) is 9.15. The molecule has 3 heteroatoms. The summed E-state index contributed by atoms with van der Waals surface area (Å²) >= 11 is 6.15. The zero-order valence-electron chi connectivity index (χ0n) is 11.5. The molecule has 0 radical (unpaired) electrons. The van der Waals surface area contributed by atoms with Gasteiger partial charge in [0.15, 0.2) is 0 Å². The Kier molecular flexibility index (Phi) is 3.48. The molecule has 2 nitrogen and oxygen atoms in total. The molecule has 0 heterocycles. The summed E-state index contributed by atoms with van der Waals surface area (Å²) < 4.78 is 6.22. The van der Waals surface area contributed by atoms with Crippen molar-refractivity contribution in [3.8, 4) is 5.75 Å². The van der Waals surface area contributed by atoms with Crippen molar-refractivity contribution in [1.29, 1.82) is 0 Å². The van der Waals surface area contributed by atoms with E-state index in [0.717, 1.165) is 29.2 Å². The molecule has 0 saturated heterocycles. The Morgan fingerprint density at radius 3 is 2.74 bits per heavy atom. The Bertz CT molecular complexity index is 468. The molecule has 0 bridgehead atoms. The van der Waals surface area contributed by atoms with E-state index in [1.165, 1.54) is 25.7 Å². The number of benzene rings is 1. The lowest BCUT2D eigenvalue weighted by Crippen LogP contribution is -2.62. The highest BCUT2D eigenvalue weighted by Gasteiger charge is 2.56. The van der Waals surface area contributed by atoms with Crippen molar-refractivity contribution in [2.45, 2.75) is 57.6 Å². The average molecular weight is 280 g/mol. The third-order valence-electron chi connectivity index (χ3n) is 5.06. The minimum Gasteiger partial charge on any atom is -0.490 e. The summed E-state index contributed by atoms with van der Waals surface area (Å²) in [5.41, 5.74) is 7.65. The largest absolute Gasteiger partial charge is 0.490 e. The van der Waals surface area contributed by atoms with Crippen molar-refractivity contribution < 1.29 is 4.74 Å². The van der Waals surface area contributed by atoms with Gasteiger partial charge >= 0.3 is 0 Å². The number of aryl methyl sites for hydroxylation is 1. The van der Waals surface area contributed by atoms with Crippen LogP contribution in [0.4, 0.5) is 0 Å². The minimum absolute atomic E-state index is 0.256. The van der Waals surface area contributed by atoms with Gasteiger partial charge in [-0.25, -0.2) is 0 Å². The van der Waals surface area contributed by atoms with Crippen molar-refractivity contribution in [2.75, 3.05) is 0 Å². The lowest BCUT2D eigenvalue weighted by Gasteiger charge is -2.52. The fourth-order valence-electron chi connectivity index (χ4n) is 3.73. The lowest BCUT2D eigenvalue weighted by molar-refractivity contribution is -0.0620. The van der Waals surface area contributed by atoms with Crippen LogP contribution in [-0.2, 0) is 6.42 Å². The Morgan fingerprint density at radius 1 is 1.37 bits per heavy atom. The SMILES string of the molecule is CCc1cc(OC2CC(N)C23CCCC3)ccc1Cl. The van der Waals surface area contributed by atoms with Gasteiger partial charge in [0.2, 0.25) is 0 Å². The van der Waals surface area contributed by atoms with Crippen molar-refractivity contribution in [3.05, 3.63) is 28.8 Å². The van der Waals surface area contributed by atoms with Gasteiger partial charge in [-0.2, -0.15) is 0 Å². The molecule has 2 aliphatic rings. The van der Waals surface area contributed by atoms with Gasteiger partial charge in [-0.1, -0.05) is 31.4 Å². The van der Waals surface area contributed by atoms with Crippen molar-refractivity contribution >= 4 is 11.6 Å². The van der Waals surface area contributed by atoms with Gasteiger partial charge in [-0.3, -0.25) is 0 Å². The number of rotatable bonds is 3. The minimum atomic E-state index is 0.256. The van der Waals surface area contributed by atoms with Crippen LogP contribution in [0.15, 0.2) is 18.2 Å². The summed E-state index contributed by atoms with van der Waals surface area (Å²) in [7, 11) is 0. The van der Waals surface area contributed by atoms with Crippen LogP contribution in [-0.4, -0.2) is 12.1 Å². The van der Waals surface area contributed by atoms with E-state index in [4.69, 9.17) is 22.1 Å². The lowest BCUT2D eigenvalue weighted by atomic mass is 9.61. The second-order valence-electron chi connectivity index (χ2n) is 6.00. The van der Waals surface area contributed by atoms with Gasteiger partial charge < -0.3 is 10.5 Å². The zero-order chi connectivity index (χ0) is 13.5. The standard InChI is InChI=1S/C16H22ClNO/c1-2-11-9-12(5-6-13(11)17)19-15-10-14(18)16(15)7-3-4-8-16/h5-6,9,14-15H,2-4,7-8,10,18H2,1H3. The van der Waals surface area contributed by atoms with Crippen LogP contribution < -0.4 is 10.5 Å². The maximum atomic E-state index is 6.24. The first-order valence-corrected chi connectivity index (χ1v) is 7.74. The normalized spacial score (nSPS) is 28.4. The van der Waals surface area contributed by atoms with Gasteiger partial charge in [-0.05, 0) is 43.0 Å². The van der Waals surface area contributed by atoms with E-state index in [9.17, 15) is 0 Å². The summed E-state index contributed by atoms with van der Waals surface area (Å²) in [5, 5.41) is 0.829. The number of hydrogen-bond acceptors (Lipinski definition) is 2. The van der Waals surface area contributed by atoms with E-state index < -0.39 is 0 Å². The number of nitrogens with two attached hydrogens (primary N) is 1. The highest BCUT2D eigenvalue weighted by Crippen LogP contribution is 2.53. The van der Waals surface area contributed by atoms with Crippen LogP contribution in [0.2, 0.25) is 5.02 Å². The molecule has 2 fully saturated rings. The molecule has 1 aromatic carbocycles. The fourth-order valence-corrected chi connectivity index (χ4v) is 3.98. The predicted molar refractivity (Wildman–Crippen MR) is 78.7 cm³/mol. The van der Waals surface area contributed by atoms with Crippen LogP contribution in [0.5, 0.6) is 5.75 Å². The van der Waals surface area contributed by atoms with Crippen LogP contribution in [0.1, 0.15) is 44.6 Å². The third kappa shape index (κ3) is 2.15. The van der Waals surface area contributed by atoms with E-state index in [0.29, 0.717) is 12.1 Å². The van der Waals surface area contributed by atoms with Crippen LogP contribution in [0, 0.1) is 5.41 Å². The van der Waals surface area contributed by atoms with Crippen molar-refractivity contribution in [3.63, 3.8) is 0 Å². The summed E-state index contributed by atoms with van der Waals surface area (Å²) in [5.74, 6) is 0.949. The summed E-state index contributed by atoms with van der Waals surface area (Å²) in [6.07, 6.45) is 7.29. The van der Waals surface area contributed by atoms with Crippen LogP contribution in [0.25, 0.3) is 0 Å². The topological polar surface area (TPSA) is 35.2 Å². The number of hydrogen-bond donors (Lipinski definition) is 1. The van der Waals surface area contributed by atoms with Gasteiger partial charge in [0.25, 0.3) is 0 Å². The van der Waals surface area contributed by atoms with Crippen LogP contribution >= 0.6 is 11.6 Å². The molecule has 2 N–H and O–H groups in total. The Morgan fingerprint density at radius 2 is 2.11 bits per heavy atom. The molecule has 0 aromatic heterocycles. The summed E-state index contributed by atoms with van der Waals surface area (Å²) in [6, 6.07) is 6.33. The second-order valence-corrected chi connectivity index (χ2v) is 6.40. The average Bonchev–Trinajstić information content (AvgIpc) is 2.93. The molecule has 104 valence electrons. The molecule has 3 rings (SSSR count). The van der Waals surface area contributed by atoms with Crippen LogP contribution in [0.3, 0.4) is 0 Å². The highest BCUT2D eigenvalue weighted by atomic mass is 35.5. The molecule has 2 saturated carbocycles. The molecule has 2 unspecified atom stereocenters. The quantitative estimate of drug-likeness (QED) is 0.909. The fraction of sp³-hybridized carbons (Fsp3) is 0.625. The van der Waals surface area contributed by atoms with E-state index in [1.54, 1.807) is 0 Å². The second kappa shape index (κ2) is 4.99. The molecule has 0 amide bonds. The zero-order valence-corrected chi connectivity index (χ0v) is 12.2. The molecular weight excluding hydrogens is 258 g/mol. The Labute approximate surface area is 120 Å². The first-order valence-electron chi connectivity index (χ1n) is 7.36. The highest BCUT2D eigenvalue weighted by molar-refractivity contribution is 6.31. The molecule has 1 spiro atoms. The monoisotopic (exact) mass is 279 g/mol. The summed E-state index contributed by atoms with van der Waals surface area (Å²) in [4.78, 5) is 0. The van der Waals surface area contributed by atoms with E-state index in [-0.39, 0.29) is 5.41 Å². The molecule has 2 atom stereocenters. The maximum Gasteiger partial charge on any atom is 0.120 e. The first kappa shape index (κ1) is 13.3. The smallest absolute Gasteiger partial charge is 0.120 e. The van der Waals surface area contributed by atoms with E-state index in [1.807, 2.05) is 12.1 Å². The van der Waals surface area contributed by atoms with Gasteiger partial charge in [0.05, 0.1) is 0 Å². The van der Waals surface area contributed by atoms with Gasteiger partial charge in [-0.15, -0.1) is 0 Å².